The monoisotopic (exact) mass is 1030 g/mol. The van der Waals surface area contributed by atoms with E-state index >= 15 is 0 Å². The van der Waals surface area contributed by atoms with Crippen molar-refractivity contribution in [2.75, 3.05) is 23.7 Å². The van der Waals surface area contributed by atoms with Crippen LogP contribution in [0.3, 0.4) is 0 Å². The van der Waals surface area contributed by atoms with Gasteiger partial charge in [-0.15, -0.1) is 24.3 Å². The Bertz CT molecular complexity index is 3180. The molecule has 1 radical (unpaired) electrons. The summed E-state index contributed by atoms with van der Waals surface area (Å²) in [5.74, 6) is 1.96. The van der Waals surface area contributed by atoms with E-state index < -0.39 is 0 Å². The first-order chi connectivity index (χ1) is 32.1. The van der Waals surface area contributed by atoms with E-state index in [0.29, 0.717) is 0 Å². The van der Waals surface area contributed by atoms with E-state index in [1.165, 1.54) is 55.4 Å². The van der Waals surface area contributed by atoms with E-state index in [4.69, 9.17) is 4.98 Å². The van der Waals surface area contributed by atoms with Gasteiger partial charge in [0.15, 0.2) is 0 Å². The third kappa shape index (κ3) is 7.34. The maximum atomic E-state index is 10.7. The number of imidazole rings is 2. The molecule has 2 aliphatic heterocycles. The first kappa shape index (κ1) is 42.3. The summed E-state index contributed by atoms with van der Waals surface area (Å²) < 4.78 is 4.43. The second-order valence-electron chi connectivity index (χ2n) is 16.4. The molecule has 10 heteroatoms. The summed E-state index contributed by atoms with van der Waals surface area (Å²) in [5, 5.41) is 10.7. The van der Waals surface area contributed by atoms with Gasteiger partial charge in [0.05, 0.1) is 5.56 Å². The van der Waals surface area contributed by atoms with E-state index in [9.17, 15) is 5.11 Å². The Kier molecular flexibility index (Phi) is 11.6. The number of hydrogen-bond donors (Lipinski definition) is 1. The predicted molar refractivity (Wildman–Crippen MR) is 269 cm³/mol. The third-order valence-electron chi connectivity index (χ3n) is 12.7. The molecule has 2 aliphatic rings. The number of anilines is 2. The van der Waals surface area contributed by atoms with Crippen LogP contribution in [-0.2, 0) is 20.1 Å². The molecular weight excluding hydrogens is 986 g/mol. The SMILES string of the molecule is CN1B(c2c(-c3ccccc3)cccc2-c2ccccc2)n2ccnc2-c2[c-]cccc21.CN1B(c2c(-c3ccccc3)cccc2-c2ccccc2)n2ccnc2-c2c(O)cccc21.[Ir]. The second kappa shape index (κ2) is 18.1. The Balaban J connectivity index is 0.000000153. The number of fused-ring (bicyclic) bond motifs is 6. The Hall–Kier alpha value is -7.64. The summed E-state index contributed by atoms with van der Waals surface area (Å²) in [6.07, 6.45) is 7.78. The maximum Gasteiger partial charge on any atom is 0.417 e. The Morgan fingerprint density at radius 3 is 1.30 bits per heavy atom. The zero-order chi connectivity index (χ0) is 43.9. The molecule has 4 heterocycles. The fourth-order valence-corrected chi connectivity index (χ4v) is 9.83. The molecule has 0 spiro atoms. The number of nitrogens with zero attached hydrogens (tertiary/aromatic N) is 6. The van der Waals surface area contributed by atoms with E-state index in [1.807, 2.05) is 55.0 Å². The first-order valence-electron chi connectivity index (χ1n) is 21.9. The summed E-state index contributed by atoms with van der Waals surface area (Å²) in [4.78, 5) is 13.9. The van der Waals surface area contributed by atoms with Crippen LogP contribution in [0.25, 0.3) is 67.3 Å². The minimum absolute atomic E-state index is 0. The molecular formula is C56H43B2IrN6O-. The molecule has 10 aromatic rings. The van der Waals surface area contributed by atoms with Gasteiger partial charge in [0, 0.05) is 56.4 Å². The molecule has 0 unspecified atom stereocenters. The topological polar surface area (TPSA) is 62.4 Å². The van der Waals surface area contributed by atoms with Crippen molar-refractivity contribution < 1.29 is 25.2 Å². The van der Waals surface area contributed by atoms with E-state index in [1.54, 1.807) is 6.07 Å². The van der Waals surface area contributed by atoms with Crippen molar-refractivity contribution in [3.05, 3.63) is 225 Å². The number of phenols is 1. The summed E-state index contributed by atoms with van der Waals surface area (Å²) in [6, 6.07) is 70.7. The van der Waals surface area contributed by atoms with Crippen LogP contribution in [0.5, 0.6) is 5.75 Å². The van der Waals surface area contributed by atoms with Crippen molar-refractivity contribution in [1.29, 1.82) is 0 Å². The van der Waals surface area contributed by atoms with Crippen molar-refractivity contribution in [1.82, 2.24) is 18.9 Å². The number of phenolic OH excluding ortho intramolecular Hbond substituents is 1. The second-order valence-corrected chi connectivity index (χ2v) is 16.4. The molecule has 66 heavy (non-hydrogen) atoms. The minimum atomic E-state index is -0.136. The largest absolute Gasteiger partial charge is 0.507 e. The Morgan fingerprint density at radius 1 is 0.439 bits per heavy atom. The van der Waals surface area contributed by atoms with Gasteiger partial charge in [0.2, 0.25) is 0 Å². The van der Waals surface area contributed by atoms with Crippen LogP contribution in [0.4, 0.5) is 11.4 Å². The molecule has 7 nitrogen and oxygen atoms in total. The fourth-order valence-electron chi connectivity index (χ4n) is 9.83. The van der Waals surface area contributed by atoms with Gasteiger partial charge in [-0.25, -0.2) is 4.98 Å². The van der Waals surface area contributed by atoms with Crippen molar-refractivity contribution in [2.24, 2.45) is 0 Å². The van der Waals surface area contributed by atoms with E-state index in [-0.39, 0.29) is 39.8 Å². The van der Waals surface area contributed by atoms with Gasteiger partial charge in [0.1, 0.15) is 11.6 Å². The van der Waals surface area contributed by atoms with E-state index in [0.717, 1.165) is 34.2 Å². The first-order valence-corrected chi connectivity index (χ1v) is 21.9. The minimum Gasteiger partial charge on any atom is -0.507 e. The Morgan fingerprint density at radius 2 is 0.833 bits per heavy atom. The summed E-state index contributed by atoms with van der Waals surface area (Å²) >= 11 is 0. The molecule has 1 N–H and O–H groups in total. The molecule has 0 saturated heterocycles. The Labute approximate surface area is 399 Å². The average Bonchev–Trinajstić information content (AvgIpc) is 4.07. The zero-order valence-electron chi connectivity index (χ0n) is 36.4. The van der Waals surface area contributed by atoms with Gasteiger partial charge < -0.3 is 23.7 Å². The summed E-state index contributed by atoms with van der Waals surface area (Å²) in [5.41, 5.74) is 15.9. The standard InChI is InChI=1S/C28H22BN3O.C28H21BN3.Ir/c1-31-24-16-9-17-25(33)26(24)28-30-18-19-32(28)29(31)27-22(20-10-4-2-5-11-20)14-8-15-23(27)21-12-6-3-7-13-21;1-31-26-18-9-8-15-25(26)28-30-19-20-32(28)29(31)27-23(21-11-4-2-5-12-21)16-10-17-24(27)22-13-6-3-7-14-22;/h2-19,33H,1H3;2-14,16-20H,1H3;/q;-1;. The molecule has 0 atom stereocenters. The number of hydrogen-bond acceptors (Lipinski definition) is 5. The van der Waals surface area contributed by atoms with Crippen molar-refractivity contribution in [3.8, 4) is 73.0 Å². The van der Waals surface area contributed by atoms with Crippen LogP contribution in [0.2, 0.25) is 0 Å². The van der Waals surface area contributed by atoms with Gasteiger partial charge in [0.25, 0.3) is 0 Å². The van der Waals surface area contributed by atoms with Crippen molar-refractivity contribution >= 4 is 36.3 Å². The summed E-state index contributed by atoms with van der Waals surface area (Å²) in [6.45, 7) is -0.175. The van der Waals surface area contributed by atoms with Gasteiger partial charge >= 0.3 is 14.0 Å². The zero-order valence-corrected chi connectivity index (χ0v) is 38.8. The van der Waals surface area contributed by atoms with Crippen LogP contribution >= 0.6 is 0 Å². The molecule has 319 valence electrons. The van der Waals surface area contributed by atoms with Crippen LogP contribution in [0, 0.1) is 6.07 Å². The smallest absolute Gasteiger partial charge is 0.417 e. The normalized spacial score (nSPS) is 12.2. The average molecular weight is 1030 g/mol. The molecule has 0 amide bonds. The number of aromatic nitrogens is 4. The molecule has 0 fully saturated rings. The van der Waals surface area contributed by atoms with Gasteiger partial charge in [-0.2, -0.15) is 0 Å². The fraction of sp³-hybridized carbons (Fsp3) is 0.0357. The van der Waals surface area contributed by atoms with Crippen molar-refractivity contribution in [2.45, 2.75) is 0 Å². The van der Waals surface area contributed by atoms with Crippen LogP contribution in [0.1, 0.15) is 0 Å². The van der Waals surface area contributed by atoms with E-state index in [2.05, 4.69) is 202 Å². The number of rotatable bonds is 6. The summed E-state index contributed by atoms with van der Waals surface area (Å²) in [7, 11) is 4.25. The van der Waals surface area contributed by atoms with Crippen LogP contribution in [-0.4, -0.2) is 52.1 Å². The quantitative estimate of drug-likeness (QED) is 0.133. The van der Waals surface area contributed by atoms with Crippen LogP contribution < -0.4 is 20.5 Å². The molecule has 12 rings (SSSR count). The number of aromatic hydroxyl groups is 1. The van der Waals surface area contributed by atoms with Crippen LogP contribution in [0.15, 0.2) is 219 Å². The van der Waals surface area contributed by atoms with Gasteiger partial charge in [-0.05, 0) is 81.7 Å². The molecule has 8 aromatic carbocycles. The predicted octanol–water partition coefficient (Wildman–Crippen LogP) is 10.7. The maximum absolute atomic E-state index is 10.7. The van der Waals surface area contributed by atoms with Crippen molar-refractivity contribution in [3.63, 3.8) is 0 Å². The molecule has 0 saturated carbocycles. The molecule has 0 bridgehead atoms. The molecule has 2 aromatic heterocycles. The molecule has 0 aliphatic carbocycles. The van der Waals surface area contributed by atoms with Gasteiger partial charge in [-0.1, -0.05) is 175 Å². The number of benzene rings is 8. The third-order valence-corrected chi connectivity index (χ3v) is 12.7. The van der Waals surface area contributed by atoms with Gasteiger partial charge in [-0.3, -0.25) is 4.98 Å².